The van der Waals surface area contributed by atoms with Crippen LogP contribution in [0.15, 0.2) is 6.07 Å². The Morgan fingerprint density at radius 3 is 2.93 bits per heavy atom. The molecule has 0 spiro atoms. The van der Waals surface area contributed by atoms with Crippen LogP contribution in [-0.4, -0.2) is 17.5 Å². The molecule has 0 aliphatic heterocycles. The van der Waals surface area contributed by atoms with E-state index in [1.165, 1.54) is 0 Å². The zero-order valence-electron chi connectivity index (χ0n) is 7.15. The van der Waals surface area contributed by atoms with Gasteiger partial charge in [0.2, 0.25) is 0 Å². The molecule has 0 saturated heterocycles. The average molecular weight is 236 g/mol. The summed E-state index contributed by atoms with van der Waals surface area (Å²) in [4.78, 5) is 21.0. The molecule has 0 aromatic carbocycles. The molecule has 0 atom stereocenters. The first-order valence-electron chi connectivity index (χ1n) is 3.67. The summed E-state index contributed by atoms with van der Waals surface area (Å²) >= 11 is 6.40. The van der Waals surface area contributed by atoms with Crippen molar-refractivity contribution in [2.45, 2.75) is 6.92 Å². The summed E-state index contributed by atoms with van der Waals surface area (Å²) in [5.74, 6) is -0.712. The van der Waals surface area contributed by atoms with E-state index >= 15 is 0 Å². The molecule has 0 fully saturated rings. The van der Waals surface area contributed by atoms with Crippen LogP contribution in [0.4, 0.5) is 5.69 Å². The summed E-state index contributed by atoms with van der Waals surface area (Å²) < 4.78 is 4.83. The van der Waals surface area contributed by atoms with Crippen LogP contribution in [0.1, 0.15) is 16.6 Å². The number of hydrogen-bond donors (Lipinski definition) is 0. The summed E-state index contributed by atoms with van der Waals surface area (Å²) in [6, 6.07) is 1.14. The number of esters is 1. The van der Waals surface area contributed by atoms with Crippen LogP contribution >= 0.6 is 22.9 Å². The summed E-state index contributed by atoms with van der Waals surface area (Å²) in [7, 11) is 0. The Morgan fingerprint density at radius 2 is 2.43 bits per heavy atom. The van der Waals surface area contributed by atoms with Gasteiger partial charge in [0.15, 0.2) is 4.88 Å². The van der Waals surface area contributed by atoms with Crippen molar-refractivity contribution in [2.75, 3.05) is 6.61 Å². The molecular weight excluding hydrogens is 230 g/mol. The molecule has 1 heterocycles. The molecule has 0 unspecified atom stereocenters. The topological polar surface area (TPSA) is 69.4 Å². The molecule has 0 aliphatic rings. The van der Waals surface area contributed by atoms with E-state index < -0.39 is 10.9 Å². The number of nitrogens with zero attached hydrogens (tertiary/aromatic N) is 1. The Kier molecular flexibility index (Phi) is 3.43. The third kappa shape index (κ3) is 2.21. The second kappa shape index (κ2) is 4.39. The van der Waals surface area contributed by atoms with Crippen LogP contribution in [0.2, 0.25) is 4.34 Å². The van der Waals surface area contributed by atoms with E-state index in [1.54, 1.807) is 6.92 Å². The Morgan fingerprint density at radius 1 is 1.79 bits per heavy atom. The molecule has 1 aromatic heterocycles. The fourth-order valence-electron chi connectivity index (χ4n) is 0.831. The third-order valence-electron chi connectivity index (χ3n) is 1.34. The highest BCUT2D eigenvalue weighted by Gasteiger charge is 2.25. The van der Waals surface area contributed by atoms with Crippen molar-refractivity contribution in [3.8, 4) is 0 Å². The van der Waals surface area contributed by atoms with E-state index in [0.717, 1.165) is 17.4 Å². The lowest BCUT2D eigenvalue weighted by Gasteiger charge is -1.97. The van der Waals surface area contributed by atoms with Gasteiger partial charge in [-0.05, 0) is 6.92 Å². The number of carbonyl (C=O) groups is 1. The van der Waals surface area contributed by atoms with Crippen LogP contribution in [0.5, 0.6) is 0 Å². The van der Waals surface area contributed by atoms with Gasteiger partial charge < -0.3 is 4.74 Å². The van der Waals surface area contributed by atoms with Crippen LogP contribution in [0.25, 0.3) is 0 Å². The molecule has 5 nitrogen and oxygen atoms in total. The van der Waals surface area contributed by atoms with Crippen molar-refractivity contribution >= 4 is 34.6 Å². The predicted octanol–water partition coefficient (Wildman–Crippen LogP) is 2.49. The van der Waals surface area contributed by atoms with Crippen molar-refractivity contribution in [1.82, 2.24) is 0 Å². The lowest BCUT2D eigenvalue weighted by molar-refractivity contribution is -0.384. The fourth-order valence-corrected chi connectivity index (χ4v) is 1.91. The fraction of sp³-hybridized carbons (Fsp3) is 0.286. The van der Waals surface area contributed by atoms with Gasteiger partial charge in [-0.15, -0.1) is 11.3 Å². The van der Waals surface area contributed by atoms with Crippen LogP contribution in [-0.2, 0) is 4.74 Å². The van der Waals surface area contributed by atoms with E-state index in [-0.39, 0.29) is 21.5 Å². The van der Waals surface area contributed by atoms with Gasteiger partial charge >= 0.3 is 5.97 Å². The van der Waals surface area contributed by atoms with Crippen molar-refractivity contribution in [3.05, 3.63) is 25.4 Å². The van der Waals surface area contributed by atoms with E-state index in [9.17, 15) is 14.9 Å². The molecule has 14 heavy (non-hydrogen) atoms. The zero-order valence-corrected chi connectivity index (χ0v) is 8.72. The predicted molar refractivity (Wildman–Crippen MR) is 51.9 cm³/mol. The maximum absolute atomic E-state index is 11.2. The number of ether oxygens (including phenoxy) is 1. The number of hydrogen-bond acceptors (Lipinski definition) is 5. The van der Waals surface area contributed by atoms with Gasteiger partial charge in [0.1, 0.15) is 4.34 Å². The molecule has 1 rings (SSSR count). The lowest BCUT2D eigenvalue weighted by Crippen LogP contribution is -2.04. The van der Waals surface area contributed by atoms with Crippen molar-refractivity contribution < 1.29 is 14.5 Å². The Hall–Kier alpha value is -1.14. The number of nitro groups is 1. The monoisotopic (exact) mass is 235 g/mol. The summed E-state index contributed by atoms with van der Waals surface area (Å²) in [6.45, 7) is 1.80. The second-order valence-corrected chi connectivity index (χ2v) is 3.93. The molecule has 7 heteroatoms. The van der Waals surface area contributed by atoms with Crippen molar-refractivity contribution in [3.63, 3.8) is 0 Å². The van der Waals surface area contributed by atoms with Gasteiger partial charge in [-0.1, -0.05) is 11.6 Å². The normalized spacial score (nSPS) is 9.86. The highest BCUT2D eigenvalue weighted by Crippen LogP contribution is 2.32. The minimum Gasteiger partial charge on any atom is -0.462 e. The third-order valence-corrected chi connectivity index (χ3v) is 2.57. The number of thiophene rings is 1. The van der Waals surface area contributed by atoms with Crippen LogP contribution in [0.3, 0.4) is 0 Å². The van der Waals surface area contributed by atoms with Gasteiger partial charge in [0, 0.05) is 6.07 Å². The number of carbonyl (C=O) groups excluding carboxylic acids is 1. The molecule has 0 bridgehead atoms. The van der Waals surface area contributed by atoms with E-state index in [4.69, 9.17) is 11.6 Å². The quantitative estimate of drug-likeness (QED) is 0.459. The van der Waals surface area contributed by atoms with Crippen LogP contribution in [0, 0.1) is 10.1 Å². The molecule has 1 aromatic rings. The van der Waals surface area contributed by atoms with E-state index in [1.807, 2.05) is 0 Å². The maximum Gasteiger partial charge on any atom is 0.355 e. The van der Waals surface area contributed by atoms with E-state index in [2.05, 4.69) is 4.74 Å². The standard InChI is InChI=1S/C7H6ClNO4S/c1-2-13-7(10)6-4(9(11)12)3-5(8)14-6/h3H,2H2,1H3. The minimum atomic E-state index is -0.712. The van der Waals surface area contributed by atoms with Crippen molar-refractivity contribution in [1.29, 1.82) is 0 Å². The first-order chi connectivity index (χ1) is 6.56. The highest BCUT2D eigenvalue weighted by atomic mass is 35.5. The second-order valence-electron chi connectivity index (χ2n) is 2.24. The SMILES string of the molecule is CCOC(=O)c1sc(Cl)cc1[N+](=O)[O-]. The number of halogens is 1. The molecule has 0 N–H and O–H groups in total. The summed E-state index contributed by atoms with van der Waals surface area (Å²) in [6.07, 6.45) is 0. The molecule has 76 valence electrons. The molecule has 0 radical (unpaired) electrons. The van der Waals surface area contributed by atoms with Gasteiger partial charge in [-0.2, -0.15) is 0 Å². The van der Waals surface area contributed by atoms with Gasteiger partial charge in [0.05, 0.1) is 11.5 Å². The van der Waals surface area contributed by atoms with Crippen LogP contribution < -0.4 is 0 Å². The van der Waals surface area contributed by atoms with Gasteiger partial charge in [0.25, 0.3) is 5.69 Å². The summed E-state index contributed by atoms with van der Waals surface area (Å²) in [5.41, 5.74) is -0.307. The lowest BCUT2D eigenvalue weighted by atomic mass is 10.4. The molecular formula is C7H6ClNO4S. The largest absolute Gasteiger partial charge is 0.462 e. The van der Waals surface area contributed by atoms with Crippen molar-refractivity contribution in [2.24, 2.45) is 0 Å². The first kappa shape index (κ1) is 10.9. The van der Waals surface area contributed by atoms with Gasteiger partial charge in [-0.3, -0.25) is 10.1 Å². The molecule has 0 aliphatic carbocycles. The highest BCUT2D eigenvalue weighted by molar-refractivity contribution is 7.18. The average Bonchev–Trinajstić information content (AvgIpc) is 2.48. The zero-order chi connectivity index (χ0) is 10.7. The smallest absolute Gasteiger partial charge is 0.355 e. The minimum absolute atomic E-state index is 0.0677. The Labute approximate surface area is 88.4 Å². The Bertz CT molecular complexity index is 376. The molecule has 0 amide bonds. The first-order valence-corrected chi connectivity index (χ1v) is 4.86. The van der Waals surface area contributed by atoms with Gasteiger partial charge in [-0.25, -0.2) is 4.79 Å². The Balaban J connectivity index is 3.06. The maximum atomic E-state index is 11.2. The van der Waals surface area contributed by atoms with E-state index in [0.29, 0.717) is 0 Å². The summed E-state index contributed by atoms with van der Waals surface area (Å²) in [5, 5.41) is 10.5. The number of rotatable bonds is 3. The molecule has 0 saturated carbocycles.